The van der Waals surface area contributed by atoms with Crippen molar-refractivity contribution >= 4 is 0 Å². The number of aromatic nitrogens is 1. The van der Waals surface area contributed by atoms with Gasteiger partial charge in [0.1, 0.15) is 0 Å². The Kier molecular flexibility index (Phi) is 6.48. The van der Waals surface area contributed by atoms with E-state index in [9.17, 15) is 0 Å². The van der Waals surface area contributed by atoms with Gasteiger partial charge in [-0.15, -0.1) is 0 Å². The molecule has 0 aliphatic heterocycles. The van der Waals surface area contributed by atoms with Crippen LogP contribution >= 0.6 is 0 Å². The fourth-order valence-electron chi connectivity index (χ4n) is 1.01. The Morgan fingerprint density at radius 2 is 2.08 bits per heavy atom. The van der Waals surface area contributed by atoms with Crippen LogP contribution < -0.4 is 5.32 Å². The highest BCUT2D eigenvalue weighted by atomic mass is 14.9. The number of hydrogen-bond acceptors (Lipinski definition) is 1. The van der Waals surface area contributed by atoms with Gasteiger partial charge in [0.2, 0.25) is 0 Å². The van der Waals surface area contributed by atoms with Gasteiger partial charge in [-0.1, -0.05) is 13.8 Å². The van der Waals surface area contributed by atoms with Gasteiger partial charge in [0.05, 0.1) is 0 Å². The van der Waals surface area contributed by atoms with Crippen LogP contribution in [0.15, 0.2) is 18.3 Å². The van der Waals surface area contributed by atoms with E-state index in [4.69, 9.17) is 0 Å². The van der Waals surface area contributed by atoms with E-state index in [0.29, 0.717) is 0 Å². The Bertz CT molecular complexity index is 191. The Morgan fingerprint density at radius 1 is 1.42 bits per heavy atom. The zero-order chi connectivity index (χ0) is 9.40. The van der Waals surface area contributed by atoms with Gasteiger partial charge in [0.15, 0.2) is 0 Å². The van der Waals surface area contributed by atoms with Crippen molar-refractivity contribution in [2.24, 2.45) is 7.05 Å². The number of rotatable bonds is 3. The molecule has 2 heteroatoms. The zero-order valence-corrected chi connectivity index (χ0v) is 8.59. The molecule has 0 atom stereocenters. The lowest BCUT2D eigenvalue weighted by Gasteiger charge is -2.00. The lowest BCUT2D eigenvalue weighted by Crippen LogP contribution is -2.11. The Morgan fingerprint density at radius 3 is 2.50 bits per heavy atom. The molecule has 70 valence electrons. The minimum atomic E-state index is 1.05. The van der Waals surface area contributed by atoms with Crippen molar-refractivity contribution in [1.82, 2.24) is 9.88 Å². The molecular weight excluding hydrogens is 148 g/mol. The van der Waals surface area contributed by atoms with Crippen LogP contribution in [-0.2, 0) is 13.5 Å². The minimum Gasteiger partial charge on any atom is -0.354 e. The Balaban J connectivity index is 0.000000561. The molecule has 1 N–H and O–H groups in total. The van der Waals surface area contributed by atoms with Gasteiger partial charge in [-0.05, 0) is 19.2 Å². The number of hydrogen-bond donors (Lipinski definition) is 1. The molecule has 0 fully saturated rings. The van der Waals surface area contributed by atoms with Crippen LogP contribution in [0, 0.1) is 0 Å². The van der Waals surface area contributed by atoms with E-state index in [-0.39, 0.29) is 0 Å². The quantitative estimate of drug-likeness (QED) is 0.728. The molecule has 2 nitrogen and oxygen atoms in total. The van der Waals surface area contributed by atoms with E-state index in [1.54, 1.807) is 0 Å². The average Bonchev–Trinajstić information content (AvgIpc) is 2.51. The van der Waals surface area contributed by atoms with Crippen LogP contribution in [0.2, 0.25) is 0 Å². The number of nitrogens with one attached hydrogen (secondary N) is 1. The van der Waals surface area contributed by atoms with Crippen molar-refractivity contribution in [3.8, 4) is 0 Å². The molecule has 0 saturated carbocycles. The second-order valence-electron chi connectivity index (χ2n) is 2.46. The van der Waals surface area contributed by atoms with Crippen molar-refractivity contribution in [1.29, 1.82) is 0 Å². The van der Waals surface area contributed by atoms with Gasteiger partial charge in [-0.25, -0.2) is 0 Å². The molecule has 1 rings (SSSR count). The van der Waals surface area contributed by atoms with E-state index in [2.05, 4.69) is 35.3 Å². The summed E-state index contributed by atoms with van der Waals surface area (Å²) in [7, 11) is 4.05. The summed E-state index contributed by atoms with van der Waals surface area (Å²) < 4.78 is 2.15. The van der Waals surface area contributed by atoms with Crippen LogP contribution in [0.5, 0.6) is 0 Å². The lowest BCUT2D eigenvalue weighted by atomic mass is 10.3. The minimum absolute atomic E-state index is 1.05. The molecule has 1 heterocycles. The molecule has 0 spiro atoms. The van der Waals surface area contributed by atoms with Gasteiger partial charge in [-0.2, -0.15) is 0 Å². The van der Waals surface area contributed by atoms with Gasteiger partial charge in [-0.3, -0.25) is 0 Å². The Labute approximate surface area is 75.6 Å². The van der Waals surface area contributed by atoms with E-state index in [1.807, 2.05) is 20.9 Å². The summed E-state index contributed by atoms with van der Waals surface area (Å²) in [4.78, 5) is 0. The predicted molar refractivity (Wildman–Crippen MR) is 54.4 cm³/mol. The van der Waals surface area contributed by atoms with E-state index >= 15 is 0 Å². The first-order chi connectivity index (χ1) is 5.84. The molecular formula is C10H20N2. The number of nitrogens with zero attached hydrogens (tertiary/aromatic N) is 1. The smallest absolute Gasteiger partial charge is 0.0184 e. The normalized spacial score (nSPS) is 9.00. The fraction of sp³-hybridized carbons (Fsp3) is 0.600. The van der Waals surface area contributed by atoms with Gasteiger partial charge >= 0.3 is 0 Å². The second kappa shape index (κ2) is 6.92. The molecule has 0 aliphatic carbocycles. The van der Waals surface area contributed by atoms with Crippen LogP contribution in [-0.4, -0.2) is 18.2 Å². The van der Waals surface area contributed by atoms with Crippen molar-refractivity contribution in [2.45, 2.75) is 20.3 Å². The molecule has 12 heavy (non-hydrogen) atoms. The molecule has 0 amide bonds. The van der Waals surface area contributed by atoms with E-state index < -0.39 is 0 Å². The second-order valence-corrected chi connectivity index (χ2v) is 2.46. The highest BCUT2D eigenvalue weighted by Crippen LogP contribution is 1.98. The maximum atomic E-state index is 3.12. The van der Waals surface area contributed by atoms with Gasteiger partial charge in [0, 0.05) is 31.9 Å². The highest BCUT2D eigenvalue weighted by Gasteiger charge is 1.93. The molecule has 0 unspecified atom stereocenters. The third-order valence-electron chi connectivity index (χ3n) is 1.68. The van der Waals surface area contributed by atoms with Gasteiger partial charge < -0.3 is 9.88 Å². The van der Waals surface area contributed by atoms with Crippen molar-refractivity contribution < 1.29 is 0 Å². The first kappa shape index (κ1) is 11.2. The Hall–Kier alpha value is -0.760. The molecule has 1 aromatic heterocycles. The summed E-state index contributed by atoms with van der Waals surface area (Å²) in [5, 5.41) is 3.12. The van der Waals surface area contributed by atoms with E-state index in [0.717, 1.165) is 13.0 Å². The van der Waals surface area contributed by atoms with Gasteiger partial charge in [0.25, 0.3) is 0 Å². The topological polar surface area (TPSA) is 17.0 Å². The largest absolute Gasteiger partial charge is 0.354 e. The van der Waals surface area contributed by atoms with Crippen LogP contribution in [0.25, 0.3) is 0 Å². The zero-order valence-electron chi connectivity index (χ0n) is 8.59. The number of likely N-dealkylation sites (N-methyl/N-ethyl adjacent to an activating group) is 1. The highest BCUT2D eigenvalue weighted by molar-refractivity contribution is 5.06. The fourth-order valence-corrected chi connectivity index (χ4v) is 1.01. The summed E-state index contributed by atoms with van der Waals surface area (Å²) in [5.41, 5.74) is 1.38. The third-order valence-corrected chi connectivity index (χ3v) is 1.68. The molecule has 0 radical (unpaired) electrons. The van der Waals surface area contributed by atoms with Crippen molar-refractivity contribution in [3.05, 3.63) is 24.0 Å². The maximum Gasteiger partial charge on any atom is 0.0184 e. The average molecular weight is 168 g/mol. The first-order valence-corrected chi connectivity index (χ1v) is 4.59. The summed E-state index contributed by atoms with van der Waals surface area (Å²) in [6.07, 6.45) is 3.19. The summed E-state index contributed by atoms with van der Waals surface area (Å²) in [6, 6.07) is 4.22. The first-order valence-electron chi connectivity index (χ1n) is 4.59. The van der Waals surface area contributed by atoms with Crippen LogP contribution in [0.3, 0.4) is 0 Å². The SMILES string of the molecule is CC.CNCCc1cccn1C. The standard InChI is InChI=1S/C8H14N2.C2H6/c1-9-6-5-8-4-3-7-10(8)2;1-2/h3-4,7,9H,5-6H2,1-2H3;1-2H3. The molecule has 0 aliphatic rings. The molecule has 0 bridgehead atoms. The van der Waals surface area contributed by atoms with Crippen LogP contribution in [0.4, 0.5) is 0 Å². The van der Waals surface area contributed by atoms with E-state index in [1.165, 1.54) is 5.69 Å². The summed E-state index contributed by atoms with van der Waals surface area (Å²) in [5.74, 6) is 0. The van der Waals surface area contributed by atoms with Crippen molar-refractivity contribution in [3.63, 3.8) is 0 Å². The molecule has 0 saturated heterocycles. The monoisotopic (exact) mass is 168 g/mol. The molecule has 1 aromatic rings. The van der Waals surface area contributed by atoms with Crippen molar-refractivity contribution in [2.75, 3.05) is 13.6 Å². The summed E-state index contributed by atoms with van der Waals surface area (Å²) >= 11 is 0. The molecule has 0 aromatic carbocycles. The number of aryl methyl sites for hydroxylation is 1. The van der Waals surface area contributed by atoms with Crippen LogP contribution in [0.1, 0.15) is 19.5 Å². The third kappa shape index (κ3) is 3.58. The predicted octanol–water partition coefficient (Wildman–Crippen LogP) is 1.81. The maximum absolute atomic E-state index is 3.12. The summed E-state index contributed by atoms with van der Waals surface area (Å²) in [6.45, 7) is 5.05. The lowest BCUT2D eigenvalue weighted by molar-refractivity contribution is 0.738.